The Bertz CT molecular complexity index is 627. The second-order valence-corrected chi connectivity index (χ2v) is 6.65. The third kappa shape index (κ3) is 6.80. The fourth-order valence-electron chi connectivity index (χ4n) is 3.00. The van der Waals surface area contributed by atoms with E-state index in [2.05, 4.69) is 0 Å². The molecule has 1 amide bonds. The zero-order valence-corrected chi connectivity index (χ0v) is 16.3. The Balaban J connectivity index is 0.00000392. The lowest BCUT2D eigenvalue weighted by molar-refractivity contribution is -0.139. The summed E-state index contributed by atoms with van der Waals surface area (Å²) in [6.45, 7) is 0.649. The van der Waals surface area contributed by atoms with Gasteiger partial charge >= 0.3 is 6.18 Å². The second kappa shape index (κ2) is 10.8. The van der Waals surface area contributed by atoms with Crippen LogP contribution in [0.2, 0.25) is 0 Å². The summed E-state index contributed by atoms with van der Waals surface area (Å²) >= 11 is 0. The molecule has 0 spiro atoms. The minimum atomic E-state index is -4.55. The van der Waals surface area contributed by atoms with E-state index in [-0.39, 0.29) is 43.1 Å². The van der Waals surface area contributed by atoms with E-state index < -0.39 is 23.9 Å². The van der Waals surface area contributed by atoms with Crippen molar-refractivity contribution in [2.45, 2.75) is 31.2 Å². The third-order valence-corrected chi connectivity index (χ3v) is 4.54. The fourth-order valence-corrected chi connectivity index (χ4v) is 3.00. The van der Waals surface area contributed by atoms with Gasteiger partial charge in [-0.15, -0.1) is 12.4 Å². The summed E-state index contributed by atoms with van der Waals surface area (Å²) in [6.07, 6.45) is -4.31. The lowest BCUT2D eigenvalue weighted by Gasteiger charge is -2.30. The Hall–Kier alpha value is -1.55. The standard InChI is InChI=1S/C18H25F3N2O4.ClH/c1-23(17(25)16(22)12-6-8-26-9-7-12)10-13(24)11-27-15-5-3-2-4-14(15)18(19,20)21;/h2-5,12-13,16,24H,6-11,22H2,1H3;1H. The minimum Gasteiger partial charge on any atom is -0.490 e. The Morgan fingerprint density at radius 2 is 1.96 bits per heavy atom. The highest BCUT2D eigenvalue weighted by Crippen LogP contribution is 2.35. The molecule has 160 valence electrons. The molecule has 0 aromatic heterocycles. The van der Waals surface area contributed by atoms with Crippen molar-refractivity contribution in [1.82, 2.24) is 4.90 Å². The number of carbonyl (C=O) groups is 1. The van der Waals surface area contributed by atoms with E-state index in [0.29, 0.717) is 26.1 Å². The molecule has 2 atom stereocenters. The van der Waals surface area contributed by atoms with Gasteiger partial charge in [-0.05, 0) is 30.9 Å². The average molecular weight is 427 g/mol. The van der Waals surface area contributed by atoms with Gasteiger partial charge < -0.3 is 25.2 Å². The van der Waals surface area contributed by atoms with Crippen LogP contribution < -0.4 is 10.5 Å². The molecule has 28 heavy (non-hydrogen) atoms. The van der Waals surface area contributed by atoms with E-state index in [1.54, 1.807) is 0 Å². The highest BCUT2D eigenvalue weighted by Gasteiger charge is 2.34. The van der Waals surface area contributed by atoms with E-state index in [4.69, 9.17) is 15.2 Å². The molecule has 2 unspecified atom stereocenters. The molecule has 1 fully saturated rings. The van der Waals surface area contributed by atoms with E-state index >= 15 is 0 Å². The van der Waals surface area contributed by atoms with Gasteiger partial charge in [0.05, 0.1) is 11.6 Å². The normalized spacial score (nSPS) is 17.4. The maximum Gasteiger partial charge on any atom is 0.419 e. The predicted octanol–water partition coefficient (Wildman–Crippen LogP) is 2.08. The van der Waals surface area contributed by atoms with Gasteiger partial charge in [0.1, 0.15) is 18.5 Å². The van der Waals surface area contributed by atoms with E-state index in [9.17, 15) is 23.1 Å². The number of benzene rings is 1. The minimum absolute atomic E-state index is 0. The number of hydrogen-bond donors (Lipinski definition) is 2. The monoisotopic (exact) mass is 426 g/mol. The van der Waals surface area contributed by atoms with Crippen LogP contribution in [-0.4, -0.2) is 61.5 Å². The van der Waals surface area contributed by atoms with E-state index in [1.165, 1.54) is 30.1 Å². The zero-order chi connectivity index (χ0) is 20.0. The number of likely N-dealkylation sites (N-methyl/N-ethyl adjacent to an activating group) is 1. The van der Waals surface area contributed by atoms with Crippen molar-refractivity contribution >= 4 is 18.3 Å². The van der Waals surface area contributed by atoms with Crippen LogP contribution in [0.5, 0.6) is 5.75 Å². The van der Waals surface area contributed by atoms with Crippen LogP contribution in [-0.2, 0) is 15.7 Å². The number of rotatable bonds is 7. The number of amides is 1. The largest absolute Gasteiger partial charge is 0.490 e. The van der Waals surface area contributed by atoms with Gasteiger partial charge in [0.15, 0.2) is 0 Å². The van der Waals surface area contributed by atoms with Gasteiger partial charge in [-0.3, -0.25) is 4.79 Å². The van der Waals surface area contributed by atoms with Crippen molar-refractivity contribution in [2.24, 2.45) is 11.7 Å². The van der Waals surface area contributed by atoms with Crippen molar-refractivity contribution in [2.75, 3.05) is 33.4 Å². The number of aliphatic hydroxyl groups is 1. The topological polar surface area (TPSA) is 85.0 Å². The lowest BCUT2D eigenvalue weighted by Crippen LogP contribution is -2.49. The lowest BCUT2D eigenvalue weighted by atomic mass is 9.91. The Morgan fingerprint density at radius 3 is 2.57 bits per heavy atom. The van der Waals surface area contributed by atoms with Crippen molar-refractivity contribution in [3.8, 4) is 5.75 Å². The van der Waals surface area contributed by atoms with Gasteiger partial charge in [-0.2, -0.15) is 13.2 Å². The van der Waals surface area contributed by atoms with Crippen molar-refractivity contribution in [3.05, 3.63) is 29.8 Å². The number of aliphatic hydroxyl groups excluding tert-OH is 1. The summed E-state index contributed by atoms with van der Waals surface area (Å²) in [5, 5.41) is 10.1. The van der Waals surface area contributed by atoms with Crippen LogP contribution in [0.3, 0.4) is 0 Å². The first-order valence-electron chi connectivity index (χ1n) is 8.75. The quantitative estimate of drug-likeness (QED) is 0.697. The molecule has 0 bridgehead atoms. The SMILES string of the molecule is CN(CC(O)COc1ccccc1C(F)(F)F)C(=O)C(N)C1CCOCC1.Cl. The summed E-state index contributed by atoms with van der Waals surface area (Å²) in [5.74, 6) is -0.672. The first-order chi connectivity index (χ1) is 12.7. The average Bonchev–Trinajstić information content (AvgIpc) is 2.65. The maximum absolute atomic E-state index is 12.9. The molecular weight excluding hydrogens is 401 g/mol. The molecule has 0 radical (unpaired) electrons. The maximum atomic E-state index is 12.9. The van der Waals surface area contributed by atoms with Gasteiger partial charge in [0.2, 0.25) is 5.91 Å². The first-order valence-corrected chi connectivity index (χ1v) is 8.75. The van der Waals surface area contributed by atoms with Crippen LogP contribution in [0.4, 0.5) is 13.2 Å². The fraction of sp³-hybridized carbons (Fsp3) is 0.611. The van der Waals surface area contributed by atoms with Crippen molar-refractivity contribution in [1.29, 1.82) is 0 Å². The molecule has 1 aliphatic rings. The van der Waals surface area contributed by atoms with Crippen molar-refractivity contribution in [3.63, 3.8) is 0 Å². The van der Waals surface area contributed by atoms with Gasteiger partial charge in [-0.1, -0.05) is 12.1 Å². The molecule has 1 saturated heterocycles. The number of halogens is 4. The van der Waals surface area contributed by atoms with Crippen LogP contribution in [0.1, 0.15) is 18.4 Å². The molecule has 1 aromatic rings. The number of nitrogens with zero attached hydrogens (tertiary/aromatic N) is 1. The highest BCUT2D eigenvalue weighted by atomic mass is 35.5. The van der Waals surface area contributed by atoms with Crippen LogP contribution in [0.25, 0.3) is 0 Å². The smallest absolute Gasteiger partial charge is 0.419 e. The predicted molar refractivity (Wildman–Crippen MR) is 99.3 cm³/mol. The molecule has 0 aliphatic carbocycles. The Kier molecular flexibility index (Phi) is 9.49. The molecule has 3 N–H and O–H groups in total. The Morgan fingerprint density at radius 1 is 1.36 bits per heavy atom. The molecular formula is C18H26ClF3N2O4. The number of carbonyl (C=O) groups excluding carboxylic acids is 1. The zero-order valence-electron chi connectivity index (χ0n) is 15.5. The first kappa shape index (κ1) is 24.5. The molecule has 1 heterocycles. The van der Waals surface area contributed by atoms with Crippen LogP contribution >= 0.6 is 12.4 Å². The third-order valence-electron chi connectivity index (χ3n) is 4.54. The number of hydrogen-bond acceptors (Lipinski definition) is 5. The summed E-state index contributed by atoms with van der Waals surface area (Å²) in [5.41, 5.74) is 5.10. The van der Waals surface area contributed by atoms with E-state index in [1.807, 2.05) is 0 Å². The molecule has 1 aliphatic heterocycles. The van der Waals surface area contributed by atoms with Crippen molar-refractivity contribution < 1.29 is 32.5 Å². The summed E-state index contributed by atoms with van der Waals surface area (Å²) in [6, 6.07) is 4.07. The van der Waals surface area contributed by atoms with Gasteiger partial charge in [0.25, 0.3) is 0 Å². The molecule has 2 rings (SSSR count). The molecule has 6 nitrogen and oxygen atoms in total. The molecule has 1 aromatic carbocycles. The van der Waals surface area contributed by atoms with Crippen LogP contribution in [0, 0.1) is 5.92 Å². The second-order valence-electron chi connectivity index (χ2n) is 6.65. The summed E-state index contributed by atoms with van der Waals surface area (Å²) < 4.78 is 49.2. The van der Waals surface area contributed by atoms with Gasteiger partial charge in [0, 0.05) is 26.8 Å². The summed E-state index contributed by atoms with van der Waals surface area (Å²) in [7, 11) is 1.49. The number of para-hydroxylation sites is 1. The number of alkyl halides is 3. The van der Waals surface area contributed by atoms with E-state index in [0.717, 1.165) is 6.07 Å². The van der Waals surface area contributed by atoms with Crippen LogP contribution in [0.15, 0.2) is 24.3 Å². The number of ether oxygens (including phenoxy) is 2. The Labute approximate surface area is 168 Å². The highest BCUT2D eigenvalue weighted by molar-refractivity contribution is 5.85. The molecule has 0 saturated carbocycles. The van der Waals surface area contributed by atoms with Gasteiger partial charge in [-0.25, -0.2) is 0 Å². The number of nitrogens with two attached hydrogens (primary N) is 1. The summed E-state index contributed by atoms with van der Waals surface area (Å²) in [4.78, 5) is 13.7. The molecule has 10 heteroatoms.